The summed E-state index contributed by atoms with van der Waals surface area (Å²) in [5.74, 6) is 1.57. The van der Waals surface area contributed by atoms with Crippen molar-refractivity contribution in [2.24, 2.45) is 0 Å². The highest BCUT2D eigenvalue weighted by Gasteiger charge is 2.17. The van der Waals surface area contributed by atoms with Gasteiger partial charge in [0.15, 0.2) is 11.5 Å². The highest BCUT2D eigenvalue weighted by atomic mass is 16.6. The van der Waals surface area contributed by atoms with Gasteiger partial charge in [0.05, 0.1) is 24.7 Å². The van der Waals surface area contributed by atoms with E-state index in [9.17, 15) is 4.79 Å². The fourth-order valence-corrected chi connectivity index (χ4v) is 3.44. The lowest BCUT2D eigenvalue weighted by Crippen LogP contribution is -2.26. The lowest BCUT2D eigenvalue weighted by Gasteiger charge is -2.21. The molecule has 1 aliphatic heterocycles. The van der Waals surface area contributed by atoms with Gasteiger partial charge in [-0.05, 0) is 43.5 Å². The molecule has 3 rings (SSSR count). The molecule has 2 aromatic rings. The summed E-state index contributed by atoms with van der Waals surface area (Å²) in [4.78, 5) is 14.3. The number of fused-ring (bicyclic) bond motifs is 1. The van der Waals surface area contributed by atoms with Crippen LogP contribution in [0.15, 0.2) is 18.2 Å². The molecule has 0 fully saturated rings. The fraction of sp³-hybridized carbons (Fsp3) is 0.476. The molecule has 1 aliphatic rings. The summed E-state index contributed by atoms with van der Waals surface area (Å²) in [6.45, 7) is 6.17. The Morgan fingerprint density at radius 1 is 1.29 bits per heavy atom. The van der Waals surface area contributed by atoms with Crippen molar-refractivity contribution in [1.29, 1.82) is 5.26 Å². The number of ether oxygens (including phenoxy) is 2. The second kappa shape index (κ2) is 8.79. The Hall–Kier alpha value is -3.01. The highest BCUT2D eigenvalue weighted by molar-refractivity contribution is 5.76. The number of aromatic nitrogens is 2. The van der Waals surface area contributed by atoms with Crippen LogP contribution in [0.1, 0.15) is 35.4 Å². The molecule has 7 heteroatoms. The summed E-state index contributed by atoms with van der Waals surface area (Å²) in [6.07, 6.45) is 1.50. The predicted octanol–water partition coefficient (Wildman–Crippen LogP) is 2.78. The number of rotatable bonds is 7. The normalized spacial score (nSPS) is 12.5. The first-order valence-electron chi connectivity index (χ1n) is 9.52. The summed E-state index contributed by atoms with van der Waals surface area (Å²) in [5.41, 5.74) is 4.07. The van der Waals surface area contributed by atoms with E-state index in [1.54, 1.807) is 4.90 Å². The van der Waals surface area contributed by atoms with Crippen LogP contribution >= 0.6 is 0 Å². The minimum absolute atomic E-state index is 0.0819. The molecule has 148 valence electrons. The van der Waals surface area contributed by atoms with Crippen molar-refractivity contribution >= 4 is 5.91 Å². The van der Waals surface area contributed by atoms with Gasteiger partial charge in [0, 0.05) is 25.7 Å². The molecule has 28 heavy (non-hydrogen) atoms. The van der Waals surface area contributed by atoms with Crippen molar-refractivity contribution in [2.75, 3.05) is 20.3 Å². The first kappa shape index (κ1) is 19.7. The molecule has 1 aromatic heterocycles. The molecule has 0 bridgehead atoms. The lowest BCUT2D eigenvalue weighted by atomic mass is 10.1. The Morgan fingerprint density at radius 2 is 2.04 bits per heavy atom. The highest BCUT2D eigenvalue weighted by Crippen LogP contribution is 2.31. The monoisotopic (exact) mass is 382 g/mol. The number of amides is 1. The van der Waals surface area contributed by atoms with E-state index in [0.717, 1.165) is 34.0 Å². The van der Waals surface area contributed by atoms with Crippen molar-refractivity contribution in [3.05, 3.63) is 40.7 Å². The van der Waals surface area contributed by atoms with Crippen LogP contribution in [0.25, 0.3) is 0 Å². The van der Waals surface area contributed by atoms with Crippen LogP contribution in [-0.4, -0.2) is 40.8 Å². The Morgan fingerprint density at radius 3 is 2.79 bits per heavy atom. The molecule has 0 saturated carbocycles. The van der Waals surface area contributed by atoms with E-state index in [4.69, 9.17) is 14.7 Å². The summed E-state index contributed by atoms with van der Waals surface area (Å²) >= 11 is 0. The van der Waals surface area contributed by atoms with Crippen LogP contribution in [0.5, 0.6) is 11.5 Å². The molecule has 0 N–H and O–H groups in total. The third-order valence-corrected chi connectivity index (χ3v) is 5.01. The van der Waals surface area contributed by atoms with E-state index < -0.39 is 0 Å². The zero-order valence-electron chi connectivity index (χ0n) is 16.7. The molecule has 7 nitrogen and oxygen atoms in total. The van der Waals surface area contributed by atoms with Crippen LogP contribution in [0, 0.1) is 25.2 Å². The average molecular weight is 382 g/mol. The number of aryl methyl sites for hydroxylation is 2. The molecule has 0 radical (unpaired) electrons. The molecule has 1 aromatic carbocycles. The van der Waals surface area contributed by atoms with E-state index in [1.165, 1.54) is 0 Å². The van der Waals surface area contributed by atoms with Gasteiger partial charge in [-0.15, -0.1) is 0 Å². The molecule has 0 atom stereocenters. The third kappa shape index (κ3) is 4.45. The van der Waals surface area contributed by atoms with Gasteiger partial charge in [-0.2, -0.15) is 10.4 Å². The third-order valence-electron chi connectivity index (χ3n) is 5.01. The molecule has 0 aliphatic carbocycles. The van der Waals surface area contributed by atoms with Crippen molar-refractivity contribution < 1.29 is 14.3 Å². The summed E-state index contributed by atoms with van der Waals surface area (Å²) in [5, 5.41) is 13.3. The number of nitrogens with zero attached hydrogens (tertiary/aromatic N) is 4. The molecule has 0 unspecified atom stereocenters. The van der Waals surface area contributed by atoms with E-state index in [1.807, 2.05) is 43.8 Å². The summed E-state index contributed by atoms with van der Waals surface area (Å²) in [6, 6.07) is 7.93. The Balaban J connectivity index is 1.58. The van der Waals surface area contributed by atoms with Gasteiger partial charge < -0.3 is 14.4 Å². The first-order valence-corrected chi connectivity index (χ1v) is 9.52. The number of carbonyl (C=O) groups excluding carboxylic acids is 1. The molecular weight excluding hydrogens is 356 g/mol. The molecule has 0 saturated heterocycles. The lowest BCUT2D eigenvalue weighted by molar-refractivity contribution is -0.130. The van der Waals surface area contributed by atoms with E-state index in [-0.39, 0.29) is 5.91 Å². The van der Waals surface area contributed by atoms with Gasteiger partial charge in [0.25, 0.3) is 0 Å². The Bertz CT molecular complexity index is 898. The van der Waals surface area contributed by atoms with E-state index >= 15 is 0 Å². The van der Waals surface area contributed by atoms with Crippen molar-refractivity contribution in [3.8, 4) is 17.6 Å². The largest absolute Gasteiger partial charge is 0.486 e. The standard InChI is InChI=1S/C21H26N4O3/c1-15-18(16(2)25(23-15)10-4-9-22)6-8-21(26)24(3)14-17-5-7-19-20(13-17)28-12-11-27-19/h5,7,13H,4,6,8,10-12,14H2,1-3H3. The fourth-order valence-electron chi connectivity index (χ4n) is 3.44. The minimum Gasteiger partial charge on any atom is -0.486 e. The number of benzene rings is 1. The number of hydrogen-bond acceptors (Lipinski definition) is 5. The molecule has 1 amide bonds. The predicted molar refractivity (Wildman–Crippen MR) is 104 cm³/mol. The minimum atomic E-state index is 0.0819. The number of nitriles is 1. The number of carbonyl (C=O) groups is 1. The van der Waals surface area contributed by atoms with Gasteiger partial charge in [-0.25, -0.2) is 0 Å². The van der Waals surface area contributed by atoms with Crippen molar-refractivity contribution in [3.63, 3.8) is 0 Å². The smallest absolute Gasteiger partial charge is 0.222 e. The molecular formula is C21H26N4O3. The van der Waals surface area contributed by atoms with Crippen LogP contribution in [0.4, 0.5) is 0 Å². The van der Waals surface area contributed by atoms with E-state index in [0.29, 0.717) is 45.6 Å². The summed E-state index contributed by atoms with van der Waals surface area (Å²) < 4.78 is 13.0. The SMILES string of the molecule is Cc1nn(CCC#N)c(C)c1CCC(=O)N(C)Cc1ccc2c(c1)OCCO2. The van der Waals surface area contributed by atoms with Crippen LogP contribution in [-0.2, 0) is 24.3 Å². The second-order valence-corrected chi connectivity index (χ2v) is 7.01. The summed E-state index contributed by atoms with van der Waals surface area (Å²) in [7, 11) is 1.81. The maximum Gasteiger partial charge on any atom is 0.222 e. The zero-order valence-corrected chi connectivity index (χ0v) is 16.7. The average Bonchev–Trinajstić information content (AvgIpc) is 2.97. The quantitative estimate of drug-likeness (QED) is 0.736. The topological polar surface area (TPSA) is 80.4 Å². The Labute approximate surface area is 165 Å². The maximum atomic E-state index is 12.6. The first-order chi connectivity index (χ1) is 13.5. The van der Waals surface area contributed by atoms with E-state index in [2.05, 4.69) is 11.2 Å². The van der Waals surface area contributed by atoms with Gasteiger partial charge in [-0.3, -0.25) is 9.48 Å². The maximum absolute atomic E-state index is 12.6. The van der Waals surface area contributed by atoms with Crippen LogP contribution in [0.3, 0.4) is 0 Å². The number of hydrogen-bond donors (Lipinski definition) is 0. The zero-order chi connectivity index (χ0) is 20.1. The van der Waals surface area contributed by atoms with Gasteiger partial charge in [0.1, 0.15) is 13.2 Å². The van der Waals surface area contributed by atoms with Crippen molar-refractivity contribution in [2.45, 2.75) is 46.2 Å². The molecule has 0 spiro atoms. The van der Waals surface area contributed by atoms with Gasteiger partial charge in [-0.1, -0.05) is 6.07 Å². The van der Waals surface area contributed by atoms with Gasteiger partial charge >= 0.3 is 0 Å². The van der Waals surface area contributed by atoms with Crippen LogP contribution < -0.4 is 9.47 Å². The van der Waals surface area contributed by atoms with Crippen molar-refractivity contribution in [1.82, 2.24) is 14.7 Å². The van der Waals surface area contributed by atoms with Crippen LogP contribution in [0.2, 0.25) is 0 Å². The van der Waals surface area contributed by atoms with Gasteiger partial charge in [0.2, 0.25) is 5.91 Å². The second-order valence-electron chi connectivity index (χ2n) is 7.01. The molecule has 2 heterocycles. The Kier molecular flexibility index (Phi) is 6.19.